The highest BCUT2D eigenvalue weighted by Gasteiger charge is 2.32. The van der Waals surface area contributed by atoms with E-state index in [1.54, 1.807) is 0 Å². The van der Waals surface area contributed by atoms with Gasteiger partial charge in [-0.25, -0.2) is 0 Å². The number of rotatable bonds is 3. The molecule has 2 aliphatic heterocycles. The topological polar surface area (TPSA) is 53.0 Å². The number of benzene rings is 1. The second kappa shape index (κ2) is 5.91. The van der Waals surface area contributed by atoms with Crippen LogP contribution in [0.4, 0.5) is 5.69 Å². The van der Waals surface area contributed by atoms with Crippen molar-refractivity contribution in [3.05, 3.63) is 29.8 Å². The maximum Gasteiger partial charge on any atom is 0.241 e. The largest absolute Gasteiger partial charge is 0.396 e. The first-order valence-electron chi connectivity index (χ1n) is 7.10. The Hall–Kier alpha value is -1.43. The van der Waals surface area contributed by atoms with E-state index in [0.717, 1.165) is 24.3 Å². The van der Waals surface area contributed by atoms with Gasteiger partial charge in [0.05, 0.1) is 26.4 Å². The molecule has 1 atom stereocenters. The molecule has 5 nitrogen and oxygen atoms in total. The van der Waals surface area contributed by atoms with E-state index in [4.69, 9.17) is 4.74 Å². The molecular weight excluding hydrogens is 256 g/mol. The maximum atomic E-state index is 12.5. The average Bonchev–Trinajstić information content (AvgIpc) is 2.87. The molecule has 0 radical (unpaired) electrons. The van der Waals surface area contributed by atoms with Crippen molar-refractivity contribution < 1.29 is 14.6 Å². The zero-order valence-electron chi connectivity index (χ0n) is 11.5. The van der Waals surface area contributed by atoms with Crippen molar-refractivity contribution in [2.45, 2.75) is 5.92 Å². The van der Waals surface area contributed by atoms with Gasteiger partial charge in [-0.2, -0.15) is 0 Å². The van der Waals surface area contributed by atoms with Gasteiger partial charge in [-0.15, -0.1) is 0 Å². The quantitative estimate of drug-likeness (QED) is 0.870. The van der Waals surface area contributed by atoms with E-state index in [1.165, 1.54) is 0 Å². The van der Waals surface area contributed by atoms with Gasteiger partial charge < -0.3 is 14.7 Å². The van der Waals surface area contributed by atoms with Crippen LogP contribution < -0.4 is 4.90 Å². The summed E-state index contributed by atoms with van der Waals surface area (Å²) >= 11 is 0. The Kier molecular flexibility index (Phi) is 4.00. The lowest BCUT2D eigenvalue weighted by molar-refractivity contribution is -0.120. The van der Waals surface area contributed by atoms with Crippen LogP contribution in [0.15, 0.2) is 24.3 Å². The minimum atomic E-state index is 0.0415. The fourth-order valence-electron chi connectivity index (χ4n) is 2.92. The third kappa shape index (κ3) is 2.57. The van der Waals surface area contributed by atoms with Gasteiger partial charge in [0.25, 0.3) is 0 Å². The first-order chi connectivity index (χ1) is 9.79. The van der Waals surface area contributed by atoms with Gasteiger partial charge in [-0.3, -0.25) is 9.69 Å². The van der Waals surface area contributed by atoms with Crippen LogP contribution in [0.5, 0.6) is 0 Å². The smallest absolute Gasteiger partial charge is 0.241 e. The third-order valence-corrected chi connectivity index (χ3v) is 4.05. The molecule has 0 saturated carbocycles. The van der Waals surface area contributed by atoms with Gasteiger partial charge >= 0.3 is 0 Å². The highest BCUT2D eigenvalue weighted by atomic mass is 16.5. The molecule has 1 aromatic rings. The molecule has 2 heterocycles. The number of amides is 1. The van der Waals surface area contributed by atoms with E-state index >= 15 is 0 Å². The van der Waals surface area contributed by atoms with Gasteiger partial charge in [0.2, 0.25) is 5.91 Å². The van der Waals surface area contributed by atoms with Crippen molar-refractivity contribution in [3.8, 4) is 0 Å². The molecule has 108 valence electrons. The third-order valence-electron chi connectivity index (χ3n) is 4.05. The number of para-hydroxylation sites is 1. The first-order valence-corrected chi connectivity index (χ1v) is 7.10. The molecule has 0 spiro atoms. The Morgan fingerprint density at radius 3 is 2.80 bits per heavy atom. The number of aliphatic hydroxyl groups is 1. The summed E-state index contributed by atoms with van der Waals surface area (Å²) in [5.41, 5.74) is 2.02. The van der Waals surface area contributed by atoms with Crippen LogP contribution in [0.3, 0.4) is 0 Å². The normalized spacial score (nSPS) is 22.9. The van der Waals surface area contributed by atoms with E-state index in [2.05, 4.69) is 4.90 Å². The molecule has 1 unspecified atom stereocenters. The Balaban J connectivity index is 1.72. The number of aliphatic hydroxyl groups excluding tert-OH is 1. The van der Waals surface area contributed by atoms with Crippen LogP contribution in [-0.2, 0) is 9.53 Å². The molecule has 0 aromatic heterocycles. The maximum absolute atomic E-state index is 12.5. The Morgan fingerprint density at radius 1 is 1.30 bits per heavy atom. The van der Waals surface area contributed by atoms with Crippen molar-refractivity contribution in [2.75, 3.05) is 50.9 Å². The molecule has 5 heteroatoms. The summed E-state index contributed by atoms with van der Waals surface area (Å²) < 4.78 is 5.30. The zero-order chi connectivity index (χ0) is 13.9. The summed E-state index contributed by atoms with van der Waals surface area (Å²) in [4.78, 5) is 16.4. The molecule has 20 heavy (non-hydrogen) atoms. The van der Waals surface area contributed by atoms with Crippen molar-refractivity contribution in [1.82, 2.24) is 4.90 Å². The number of anilines is 1. The van der Waals surface area contributed by atoms with E-state index in [9.17, 15) is 9.90 Å². The molecule has 3 rings (SSSR count). The molecule has 1 N–H and O–H groups in total. The van der Waals surface area contributed by atoms with Gasteiger partial charge in [0.1, 0.15) is 0 Å². The van der Waals surface area contributed by atoms with E-state index in [0.29, 0.717) is 26.3 Å². The molecule has 1 amide bonds. The average molecular weight is 276 g/mol. The number of hydrogen-bond donors (Lipinski definition) is 1. The fourth-order valence-corrected chi connectivity index (χ4v) is 2.92. The minimum absolute atomic E-state index is 0.0415. The number of nitrogens with zero attached hydrogens (tertiary/aromatic N) is 2. The molecule has 1 aromatic carbocycles. The second-order valence-electron chi connectivity index (χ2n) is 5.33. The number of ether oxygens (including phenoxy) is 1. The molecule has 1 fully saturated rings. The molecule has 1 saturated heterocycles. The minimum Gasteiger partial charge on any atom is -0.396 e. The van der Waals surface area contributed by atoms with Gasteiger partial charge in [-0.1, -0.05) is 18.2 Å². The van der Waals surface area contributed by atoms with Crippen molar-refractivity contribution in [1.29, 1.82) is 0 Å². The molecule has 0 aliphatic carbocycles. The highest BCUT2D eigenvalue weighted by molar-refractivity contribution is 5.97. The van der Waals surface area contributed by atoms with Crippen molar-refractivity contribution in [3.63, 3.8) is 0 Å². The number of morpholine rings is 1. The molecular formula is C15H20N2O3. The van der Waals surface area contributed by atoms with Gasteiger partial charge in [-0.05, 0) is 11.6 Å². The summed E-state index contributed by atoms with van der Waals surface area (Å²) in [6.45, 7) is 4.11. The first kappa shape index (κ1) is 13.5. The highest BCUT2D eigenvalue weighted by Crippen LogP contribution is 2.35. The lowest BCUT2D eigenvalue weighted by atomic mass is 10.0. The van der Waals surface area contributed by atoms with E-state index in [-0.39, 0.29) is 18.4 Å². The van der Waals surface area contributed by atoms with Gasteiger partial charge in [0, 0.05) is 31.2 Å². The van der Waals surface area contributed by atoms with Crippen molar-refractivity contribution >= 4 is 11.6 Å². The predicted molar refractivity (Wildman–Crippen MR) is 75.9 cm³/mol. The second-order valence-corrected chi connectivity index (χ2v) is 5.33. The lowest BCUT2D eigenvalue weighted by Crippen LogP contribution is -2.44. The Bertz CT molecular complexity index is 486. The standard InChI is InChI=1S/C15H20N2O3/c18-11-12-9-17(14-4-2-1-3-13(12)14)15(19)10-16-5-7-20-8-6-16/h1-4,12,18H,5-11H2. The van der Waals surface area contributed by atoms with Gasteiger partial charge in [0.15, 0.2) is 0 Å². The summed E-state index contributed by atoms with van der Waals surface area (Å²) in [7, 11) is 0. The van der Waals surface area contributed by atoms with Crippen LogP contribution in [0, 0.1) is 0 Å². The van der Waals surface area contributed by atoms with Crippen molar-refractivity contribution in [2.24, 2.45) is 0 Å². The number of carbonyl (C=O) groups excluding carboxylic acids is 1. The van der Waals surface area contributed by atoms with Crippen LogP contribution in [0.1, 0.15) is 11.5 Å². The Morgan fingerprint density at radius 2 is 2.05 bits per heavy atom. The lowest BCUT2D eigenvalue weighted by Gasteiger charge is -2.28. The van der Waals surface area contributed by atoms with E-state index < -0.39 is 0 Å². The van der Waals surface area contributed by atoms with Crippen LogP contribution in [-0.4, -0.2) is 61.9 Å². The number of carbonyl (C=O) groups is 1. The number of fused-ring (bicyclic) bond motifs is 1. The van der Waals surface area contributed by atoms with Crippen LogP contribution in [0.25, 0.3) is 0 Å². The zero-order valence-corrected chi connectivity index (χ0v) is 11.5. The molecule has 2 aliphatic rings. The van der Waals surface area contributed by atoms with E-state index in [1.807, 2.05) is 29.2 Å². The Labute approximate surface area is 118 Å². The summed E-state index contributed by atoms with van der Waals surface area (Å²) in [6, 6.07) is 7.85. The monoisotopic (exact) mass is 276 g/mol. The van der Waals surface area contributed by atoms with Crippen LogP contribution >= 0.6 is 0 Å². The summed E-state index contributed by atoms with van der Waals surface area (Å²) in [5.74, 6) is 0.148. The fraction of sp³-hybridized carbons (Fsp3) is 0.533. The van der Waals surface area contributed by atoms with Crippen LogP contribution in [0.2, 0.25) is 0 Å². The predicted octanol–water partition coefficient (Wildman–Crippen LogP) is 0.441. The SMILES string of the molecule is O=C(CN1CCOCC1)N1CC(CO)c2ccccc21. The summed E-state index contributed by atoms with van der Waals surface area (Å²) in [5, 5.41) is 9.47. The summed E-state index contributed by atoms with van der Waals surface area (Å²) in [6.07, 6.45) is 0. The molecule has 0 bridgehead atoms. The number of hydrogen-bond acceptors (Lipinski definition) is 4.